The van der Waals surface area contributed by atoms with Crippen LogP contribution in [0.1, 0.15) is 23.1 Å². The Hall–Kier alpha value is -2.15. The predicted molar refractivity (Wildman–Crippen MR) is 84.4 cm³/mol. The number of benzene rings is 1. The topological polar surface area (TPSA) is 36.4 Å². The lowest BCUT2D eigenvalue weighted by Gasteiger charge is -2.17. The smallest absolute Gasteiger partial charge is 0.0540 e. The molecule has 0 spiro atoms. The molecule has 3 nitrogen and oxygen atoms in total. The molecule has 108 valence electrons. The molecule has 1 heterocycles. The van der Waals surface area contributed by atoms with Gasteiger partial charge < -0.3 is 5.11 Å². The highest BCUT2D eigenvalue weighted by molar-refractivity contribution is 5.41. The zero-order valence-corrected chi connectivity index (χ0v) is 12.3. The van der Waals surface area contributed by atoms with Gasteiger partial charge in [-0.25, -0.2) is 0 Å². The van der Waals surface area contributed by atoms with Crippen LogP contribution in [0, 0.1) is 11.8 Å². The zero-order valence-electron chi connectivity index (χ0n) is 12.3. The van der Waals surface area contributed by atoms with Crippen molar-refractivity contribution >= 4 is 0 Å². The summed E-state index contributed by atoms with van der Waals surface area (Å²) in [6.45, 7) is 1.82. The fourth-order valence-corrected chi connectivity index (χ4v) is 2.14. The van der Waals surface area contributed by atoms with Gasteiger partial charge in [-0.1, -0.05) is 30.0 Å². The van der Waals surface area contributed by atoms with Crippen molar-refractivity contribution in [2.24, 2.45) is 0 Å². The summed E-state index contributed by atoms with van der Waals surface area (Å²) >= 11 is 0. The van der Waals surface area contributed by atoms with Crippen LogP contribution in [0.4, 0.5) is 0 Å². The summed E-state index contributed by atoms with van der Waals surface area (Å²) in [6.07, 6.45) is 4.15. The third-order valence-electron chi connectivity index (χ3n) is 3.12. The molecule has 2 aromatic rings. The van der Waals surface area contributed by atoms with Crippen molar-refractivity contribution < 1.29 is 5.11 Å². The molecule has 0 unspecified atom stereocenters. The Morgan fingerprint density at radius 2 is 1.86 bits per heavy atom. The SMILES string of the molecule is CN(Cc1ccncc1)Cc1ccccc1C#CCCO. The average molecular weight is 280 g/mol. The van der Waals surface area contributed by atoms with E-state index in [1.54, 1.807) is 0 Å². The summed E-state index contributed by atoms with van der Waals surface area (Å²) in [5.74, 6) is 6.12. The van der Waals surface area contributed by atoms with Gasteiger partial charge in [-0.05, 0) is 36.4 Å². The van der Waals surface area contributed by atoms with E-state index in [1.807, 2.05) is 42.7 Å². The Kier molecular flexibility index (Phi) is 5.96. The average Bonchev–Trinajstić information content (AvgIpc) is 2.50. The van der Waals surface area contributed by atoms with Crippen LogP contribution in [-0.2, 0) is 13.1 Å². The maximum Gasteiger partial charge on any atom is 0.0540 e. The van der Waals surface area contributed by atoms with Crippen LogP contribution in [0.25, 0.3) is 0 Å². The van der Waals surface area contributed by atoms with Crippen molar-refractivity contribution in [3.63, 3.8) is 0 Å². The van der Waals surface area contributed by atoms with Crippen molar-refractivity contribution in [1.29, 1.82) is 0 Å². The lowest BCUT2D eigenvalue weighted by Crippen LogP contribution is -2.17. The van der Waals surface area contributed by atoms with E-state index in [-0.39, 0.29) is 6.61 Å². The zero-order chi connectivity index (χ0) is 14.9. The molecule has 0 radical (unpaired) electrons. The van der Waals surface area contributed by atoms with E-state index in [9.17, 15) is 0 Å². The van der Waals surface area contributed by atoms with E-state index >= 15 is 0 Å². The van der Waals surface area contributed by atoms with Crippen LogP contribution >= 0.6 is 0 Å². The van der Waals surface area contributed by atoms with E-state index in [2.05, 4.69) is 34.8 Å². The van der Waals surface area contributed by atoms with Crippen LogP contribution in [0.15, 0.2) is 48.8 Å². The second-order valence-corrected chi connectivity index (χ2v) is 4.96. The first-order chi connectivity index (χ1) is 10.3. The molecule has 0 aliphatic rings. The first-order valence-electron chi connectivity index (χ1n) is 7.04. The standard InChI is InChI=1S/C18H20N2O/c1-20(14-16-9-11-19-12-10-16)15-18-8-3-2-6-17(18)7-4-5-13-21/h2-3,6,8-12,21H,5,13-15H2,1H3. The molecule has 0 amide bonds. The van der Waals surface area contributed by atoms with E-state index in [0.29, 0.717) is 6.42 Å². The van der Waals surface area contributed by atoms with Crippen LogP contribution in [0.3, 0.4) is 0 Å². The highest BCUT2D eigenvalue weighted by Crippen LogP contribution is 2.12. The minimum Gasteiger partial charge on any atom is -0.395 e. The Morgan fingerprint density at radius 3 is 2.62 bits per heavy atom. The highest BCUT2D eigenvalue weighted by Gasteiger charge is 2.04. The molecule has 21 heavy (non-hydrogen) atoms. The fraction of sp³-hybridized carbons (Fsp3) is 0.278. The molecule has 1 N–H and O–H groups in total. The summed E-state index contributed by atoms with van der Waals surface area (Å²) in [4.78, 5) is 6.29. The summed E-state index contributed by atoms with van der Waals surface area (Å²) in [6, 6.07) is 12.2. The summed E-state index contributed by atoms with van der Waals surface area (Å²) in [5.41, 5.74) is 3.49. The van der Waals surface area contributed by atoms with E-state index in [0.717, 1.165) is 18.7 Å². The lowest BCUT2D eigenvalue weighted by molar-refractivity contribution is 0.305. The molecular weight excluding hydrogens is 260 g/mol. The molecule has 1 aromatic heterocycles. The van der Waals surface area contributed by atoms with Gasteiger partial charge in [0.05, 0.1) is 6.61 Å². The normalized spacial score (nSPS) is 10.2. The van der Waals surface area contributed by atoms with Gasteiger partial charge in [0.1, 0.15) is 0 Å². The molecule has 0 atom stereocenters. The number of aliphatic hydroxyl groups is 1. The van der Waals surface area contributed by atoms with Crippen molar-refractivity contribution in [2.75, 3.05) is 13.7 Å². The Balaban J connectivity index is 2.04. The van der Waals surface area contributed by atoms with Crippen LogP contribution in [0.2, 0.25) is 0 Å². The Morgan fingerprint density at radius 1 is 1.10 bits per heavy atom. The van der Waals surface area contributed by atoms with E-state index < -0.39 is 0 Å². The molecule has 1 aromatic carbocycles. The minimum absolute atomic E-state index is 0.108. The maximum absolute atomic E-state index is 8.81. The number of hydrogen-bond donors (Lipinski definition) is 1. The molecule has 0 bridgehead atoms. The molecule has 0 aliphatic heterocycles. The van der Waals surface area contributed by atoms with Gasteiger partial charge in [-0.3, -0.25) is 9.88 Å². The minimum atomic E-state index is 0.108. The summed E-state index contributed by atoms with van der Waals surface area (Å²) < 4.78 is 0. The fourth-order valence-electron chi connectivity index (χ4n) is 2.14. The maximum atomic E-state index is 8.81. The van der Waals surface area contributed by atoms with Gasteiger partial charge in [-0.2, -0.15) is 0 Å². The quantitative estimate of drug-likeness (QED) is 0.855. The molecule has 2 rings (SSSR count). The molecule has 0 aliphatic carbocycles. The number of rotatable bonds is 5. The number of aromatic nitrogens is 1. The van der Waals surface area contributed by atoms with Crippen LogP contribution in [0.5, 0.6) is 0 Å². The summed E-state index contributed by atoms with van der Waals surface area (Å²) in [7, 11) is 2.10. The van der Waals surface area contributed by atoms with Gasteiger partial charge in [-0.15, -0.1) is 0 Å². The Bertz CT molecular complexity index is 614. The number of hydrogen-bond acceptors (Lipinski definition) is 3. The number of nitrogens with zero attached hydrogens (tertiary/aromatic N) is 2. The van der Waals surface area contributed by atoms with Crippen molar-refractivity contribution in [1.82, 2.24) is 9.88 Å². The van der Waals surface area contributed by atoms with Crippen molar-refractivity contribution in [3.05, 3.63) is 65.5 Å². The van der Waals surface area contributed by atoms with Gasteiger partial charge in [0, 0.05) is 37.5 Å². The van der Waals surface area contributed by atoms with Crippen LogP contribution < -0.4 is 0 Å². The number of aliphatic hydroxyl groups excluding tert-OH is 1. The lowest BCUT2D eigenvalue weighted by atomic mass is 10.1. The van der Waals surface area contributed by atoms with Gasteiger partial charge >= 0.3 is 0 Å². The molecular formula is C18H20N2O. The third-order valence-corrected chi connectivity index (χ3v) is 3.12. The third kappa shape index (κ3) is 5.03. The van der Waals surface area contributed by atoms with E-state index in [1.165, 1.54) is 11.1 Å². The van der Waals surface area contributed by atoms with Crippen LogP contribution in [-0.4, -0.2) is 28.6 Å². The number of pyridine rings is 1. The molecule has 0 saturated heterocycles. The van der Waals surface area contributed by atoms with Crippen molar-refractivity contribution in [3.8, 4) is 11.8 Å². The summed E-state index contributed by atoms with van der Waals surface area (Å²) in [5, 5.41) is 8.81. The molecule has 0 fully saturated rings. The second kappa shape index (κ2) is 8.21. The second-order valence-electron chi connectivity index (χ2n) is 4.96. The molecule has 0 saturated carbocycles. The monoisotopic (exact) mass is 280 g/mol. The highest BCUT2D eigenvalue weighted by atomic mass is 16.2. The largest absolute Gasteiger partial charge is 0.395 e. The first-order valence-corrected chi connectivity index (χ1v) is 7.04. The first kappa shape index (κ1) is 15.2. The van der Waals surface area contributed by atoms with E-state index in [4.69, 9.17) is 5.11 Å². The van der Waals surface area contributed by atoms with Gasteiger partial charge in [0.25, 0.3) is 0 Å². The van der Waals surface area contributed by atoms with Crippen molar-refractivity contribution in [2.45, 2.75) is 19.5 Å². The Labute approximate surface area is 126 Å². The van der Waals surface area contributed by atoms with Gasteiger partial charge in [0.2, 0.25) is 0 Å². The molecule has 3 heteroatoms. The predicted octanol–water partition coefficient (Wildman–Crippen LogP) is 2.45. The van der Waals surface area contributed by atoms with Gasteiger partial charge in [0.15, 0.2) is 0 Å².